The molecule has 278 valence electrons. The van der Waals surface area contributed by atoms with Gasteiger partial charge in [-0.25, -0.2) is 0 Å². The molecule has 0 saturated heterocycles. The van der Waals surface area contributed by atoms with E-state index in [1.54, 1.807) is 0 Å². The second-order valence-corrected chi connectivity index (χ2v) is 22.9. The lowest BCUT2D eigenvalue weighted by Gasteiger charge is -2.16. The summed E-state index contributed by atoms with van der Waals surface area (Å²) in [6.07, 6.45) is 5.19. The zero-order valence-corrected chi connectivity index (χ0v) is 35.6. The Balaban J connectivity index is 0.000000227. The summed E-state index contributed by atoms with van der Waals surface area (Å²) in [4.78, 5) is 6.63. The summed E-state index contributed by atoms with van der Waals surface area (Å²) in [7, 11) is 3.02. The van der Waals surface area contributed by atoms with E-state index in [2.05, 4.69) is 217 Å². The number of rotatable bonds is 11. The molecule has 54 heavy (non-hydrogen) atoms. The van der Waals surface area contributed by atoms with E-state index in [4.69, 9.17) is 6.42 Å². The molecule has 0 aliphatic heterocycles. The molecule has 5 heteroatoms. The molecule has 0 bridgehead atoms. The molecule has 5 aromatic carbocycles. The smallest absolute Gasteiger partial charge is 0.162 e. The summed E-state index contributed by atoms with van der Waals surface area (Å²) in [5.41, 5.74) is 11.0. The molecule has 5 aromatic rings. The van der Waals surface area contributed by atoms with E-state index in [1.807, 2.05) is 25.2 Å². The van der Waals surface area contributed by atoms with Crippen molar-refractivity contribution in [2.24, 2.45) is 0 Å². The summed E-state index contributed by atoms with van der Waals surface area (Å²) in [5.74, 6) is 9.38. The van der Waals surface area contributed by atoms with Crippen LogP contribution in [0.25, 0.3) is 0 Å². The molecule has 0 radical (unpaired) electrons. The average molecular weight is 746 g/mol. The Bertz CT molecular complexity index is 1800. The van der Waals surface area contributed by atoms with Gasteiger partial charge in [-0.15, -0.1) is 17.5 Å². The Morgan fingerprint density at radius 1 is 0.407 bits per heavy atom. The average Bonchev–Trinajstić information content (AvgIpc) is 3.17. The second-order valence-electron chi connectivity index (χ2n) is 14.8. The third-order valence-corrected chi connectivity index (χ3v) is 13.9. The maximum Gasteiger partial charge on any atom is 0.162 e. The zero-order valence-electron chi connectivity index (χ0n) is 33.6. The monoisotopic (exact) mass is 745 g/mol. The number of hydrogen-bond donors (Lipinski definition) is 0. The van der Waals surface area contributed by atoms with Crippen LogP contribution in [0.4, 0.5) is 0 Å². The Labute approximate surface area is 330 Å². The Morgan fingerprint density at radius 3 is 0.944 bits per heavy atom. The number of nitrogens with zero attached hydrogens (tertiary/aromatic N) is 3. The molecule has 0 spiro atoms. The first-order chi connectivity index (χ1) is 26.0. The van der Waals surface area contributed by atoms with Gasteiger partial charge in [-0.05, 0) is 48.2 Å². The first-order valence-electron chi connectivity index (χ1n) is 18.7. The van der Waals surface area contributed by atoms with Gasteiger partial charge in [-0.1, -0.05) is 196 Å². The Morgan fingerprint density at radius 2 is 0.667 bits per heavy atom. The minimum atomic E-state index is -1.63. The summed E-state index contributed by atoms with van der Waals surface area (Å²) in [5, 5.41) is 2.81. The molecule has 3 nitrogen and oxygen atoms in total. The van der Waals surface area contributed by atoms with E-state index in [0.717, 1.165) is 32.7 Å². The predicted molar refractivity (Wildman–Crippen MR) is 240 cm³/mol. The van der Waals surface area contributed by atoms with Gasteiger partial charge < -0.3 is 0 Å². The van der Waals surface area contributed by atoms with Crippen molar-refractivity contribution in [1.82, 2.24) is 14.7 Å². The highest BCUT2D eigenvalue weighted by Crippen LogP contribution is 2.06. The van der Waals surface area contributed by atoms with Crippen molar-refractivity contribution in [3.63, 3.8) is 0 Å². The number of terminal acetylenes is 1. The van der Waals surface area contributed by atoms with Gasteiger partial charge in [0.05, 0.1) is 19.6 Å². The quantitative estimate of drug-likeness (QED) is 0.0996. The zero-order chi connectivity index (χ0) is 39.1. The van der Waals surface area contributed by atoms with Crippen LogP contribution in [0.15, 0.2) is 152 Å². The fraction of sp³-hybridized carbons (Fsp3) is 0.265. The summed E-state index contributed by atoms with van der Waals surface area (Å²) >= 11 is 0. The first-order valence-corrected chi connectivity index (χ1v) is 24.7. The predicted octanol–water partition coefficient (Wildman–Crippen LogP) is 8.30. The van der Waals surface area contributed by atoms with Crippen LogP contribution in [0.5, 0.6) is 0 Å². The van der Waals surface area contributed by atoms with Crippen LogP contribution < -0.4 is 10.4 Å². The molecule has 0 atom stereocenters. The molecule has 0 N–H and O–H groups in total. The van der Waals surface area contributed by atoms with Crippen molar-refractivity contribution < 1.29 is 0 Å². The van der Waals surface area contributed by atoms with Crippen LogP contribution in [0, 0.1) is 35.3 Å². The maximum atomic E-state index is 5.19. The molecule has 0 amide bonds. The van der Waals surface area contributed by atoms with E-state index in [9.17, 15) is 0 Å². The van der Waals surface area contributed by atoms with Gasteiger partial charge >= 0.3 is 0 Å². The normalized spacial score (nSPS) is 10.8. The van der Waals surface area contributed by atoms with Gasteiger partial charge in [-0.2, -0.15) is 0 Å². The van der Waals surface area contributed by atoms with E-state index >= 15 is 0 Å². The van der Waals surface area contributed by atoms with Gasteiger partial charge in [0, 0.05) is 19.6 Å². The van der Waals surface area contributed by atoms with Gasteiger partial charge in [0.2, 0.25) is 0 Å². The van der Waals surface area contributed by atoms with Crippen molar-refractivity contribution in [3.05, 3.63) is 168 Å². The third-order valence-electron chi connectivity index (χ3n) is 8.74. The van der Waals surface area contributed by atoms with E-state index < -0.39 is 16.1 Å². The molecule has 5 rings (SSSR count). The minimum Gasteiger partial charge on any atom is -0.291 e. The van der Waals surface area contributed by atoms with E-state index in [0.29, 0.717) is 6.54 Å². The molecule has 0 unspecified atom stereocenters. The van der Waals surface area contributed by atoms with Crippen LogP contribution >= 0.6 is 0 Å². The first kappa shape index (κ1) is 43.5. The maximum absolute atomic E-state index is 5.19. The van der Waals surface area contributed by atoms with Crippen molar-refractivity contribution in [3.8, 4) is 35.3 Å². The van der Waals surface area contributed by atoms with Crippen molar-refractivity contribution in [2.75, 3.05) is 40.8 Å². The SMILES string of the molecule is C#CCN(C)Cc1ccccc1.CN(CC#C[Si](C)(C)c1ccccc1)Cc1ccccc1.CN(CC#C[Si](C)(C)c1ccccc1)Cc1ccccc1. The lowest BCUT2D eigenvalue weighted by Crippen LogP contribution is -2.40. The fourth-order valence-corrected chi connectivity index (χ4v) is 9.04. The molecule has 0 aliphatic rings. The van der Waals surface area contributed by atoms with Crippen molar-refractivity contribution in [1.29, 1.82) is 0 Å². The summed E-state index contributed by atoms with van der Waals surface area (Å²) < 4.78 is 0. The molecule has 0 fully saturated rings. The van der Waals surface area contributed by atoms with Crippen LogP contribution in [-0.4, -0.2) is 71.6 Å². The molecular weight excluding hydrogens is 687 g/mol. The topological polar surface area (TPSA) is 9.72 Å². The van der Waals surface area contributed by atoms with Gasteiger partial charge in [0.25, 0.3) is 0 Å². The van der Waals surface area contributed by atoms with Crippen molar-refractivity contribution >= 4 is 26.5 Å². The summed E-state index contributed by atoms with van der Waals surface area (Å²) in [6, 6.07) is 52.7. The number of benzene rings is 5. The standard InChI is InChI=1S/2C19H23NSi.C11H13N/c2*1-20(17-18-11-6-4-7-12-18)15-10-16-21(2,3)19-13-8-5-9-14-19;1-3-9-12(2)10-11-7-5-4-6-8-11/h2*4-9,11-14H,15,17H2,1-3H3;1,4-8H,9-10H2,2H3. The van der Waals surface area contributed by atoms with Crippen LogP contribution in [-0.2, 0) is 19.6 Å². The second kappa shape index (κ2) is 23.7. The molecule has 0 aliphatic carbocycles. The van der Waals surface area contributed by atoms with E-state index in [1.165, 1.54) is 27.1 Å². The van der Waals surface area contributed by atoms with E-state index in [-0.39, 0.29) is 0 Å². The Kier molecular flexibility index (Phi) is 19.1. The molecule has 0 saturated carbocycles. The third kappa shape index (κ3) is 17.3. The fourth-order valence-electron chi connectivity index (χ4n) is 5.65. The summed E-state index contributed by atoms with van der Waals surface area (Å²) in [6.45, 7) is 14.4. The van der Waals surface area contributed by atoms with Crippen LogP contribution in [0.2, 0.25) is 26.2 Å². The highest BCUT2D eigenvalue weighted by atomic mass is 28.3. The largest absolute Gasteiger partial charge is 0.291 e. The number of hydrogen-bond acceptors (Lipinski definition) is 3. The Hall–Kier alpha value is -4.91. The molecular formula is C49H59N3Si2. The highest BCUT2D eigenvalue weighted by molar-refractivity contribution is 6.96. The van der Waals surface area contributed by atoms with Crippen LogP contribution in [0.1, 0.15) is 16.7 Å². The minimum absolute atomic E-state index is 0.703. The molecule has 0 aromatic heterocycles. The highest BCUT2D eigenvalue weighted by Gasteiger charge is 2.21. The lowest BCUT2D eigenvalue weighted by molar-refractivity contribution is 0.369. The van der Waals surface area contributed by atoms with Gasteiger partial charge in [-0.3, -0.25) is 14.7 Å². The van der Waals surface area contributed by atoms with Gasteiger partial charge in [0.15, 0.2) is 16.1 Å². The van der Waals surface area contributed by atoms with Crippen LogP contribution in [0.3, 0.4) is 0 Å². The lowest BCUT2D eigenvalue weighted by atomic mass is 10.2. The van der Waals surface area contributed by atoms with Gasteiger partial charge in [0.1, 0.15) is 0 Å². The van der Waals surface area contributed by atoms with Crippen molar-refractivity contribution in [2.45, 2.75) is 45.8 Å². The molecule has 0 heterocycles.